The summed E-state index contributed by atoms with van der Waals surface area (Å²) in [5.41, 5.74) is 1.92. The molecule has 2 amide bonds. The highest BCUT2D eigenvalue weighted by Gasteiger charge is 2.23. The molecule has 2 aromatic carbocycles. The van der Waals surface area contributed by atoms with Crippen molar-refractivity contribution in [3.8, 4) is 0 Å². The Bertz CT molecular complexity index is 1050. The highest BCUT2D eigenvalue weighted by molar-refractivity contribution is 7.18. The van der Waals surface area contributed by atoms with Crippen LogP contribution in [0.5, 0.6) is 0 Å². The zero-order valence-electron chi connectivity index (χ0n) is 15.8. The summed E-state index contributed by atoms with van der Waals surface area (Å²) < 4.78 is 0.486. The summed E-state index contributed by atoms with van der Waals surface area (Å²) in [6.45, 7) is 0. The Morgan fingerprint density at radius 3 is 2.37 bits per heavy atom. The number of hydrogen-bond donors (Lipinski definition) is 3. The van der Waals surface area contributed by atoms with Gasteiger partial charge in [-0.2, -0.15) is 0 Å². The standard InChI is InChI=1S/C22H19ClN2O4S/c23-19-10-9-18(30-19)22(29)25-17(12-14-5-2-1-3-6-14)21(28)24-16-8-4-7-15(11-16)13-20(26)27/h1-11,17H,12-13H2,(H,24,28)(H,25,29)(H,26,27). The lowest BCUT2D eigenvalue weighted by Gasteiger charge is -2.18. The molecule has 0 saturated heterocycles. The van der Waals surface area contributed by atoms with Crippen LogP contribution < -0.4 is 10.6 Å². The lowest BCUT2D eigenvalue weighted by Crippen LogP contribution is -2.45. The number of thiophene rings is 1. The van der Waals surface area contributed by atoms with E-state index >= 15 is 0 Å². The highest BCUT2D eigenvalue weighted by Crippen LogP contribution is 2.21. The Morgan fingerprint density at radius 1 is 0.967 bits per heavy atom. The molecule has 154 valence electrons. The second kappa shape index (κ2) is 10.0. The van der Waals surface area contributed by atoms with Crippen LogP contribution in [0.1, 0.15) is 20.8 Å². The van der Waals surface area contributed by atoms with E-state index < -0.39 is 17.9 Å². The van der Waals surface area contributed by atoms with E-state index in [9.17, 15) is 14.4 Å². The van der Waals surface area contributed by atoms with Crippen LogP contribution in [0.25, 0.3) is 0 Å². The average molecular weight is 443 g/mol. The van der Waals surface area contributed by atoms with E-state index in [0.29, 0.717) is 26.9 Å². The van der Waals surface area contributed by atoms with Crippen LogP contribution >= 0.6 is 22.9 Å². The topological polar surface area (TPSA) is 95.5 Å². The Kier molecular flexibility index (Phi) is 7.21. The molecule has 1 unspecified atom stereocenters. The minimum atomic E-state index is -0.956. The van der Waals surface area contributed by atoms with Gasteiger partial charge in [0.15, 0.2) is 0 Å². The van der Waals surface area contributed by atoms with Crippen LogP contribution in [0.3, 0.4) is 0 Å². The summed E-state index contributed by atoms with van der Waals surface area (Å²) in [6, 6.07) is 18.4. The van der Waals surface area contributed by atoms with Gasteiger partial charge in [0, 0.05) is 12.1 Å². The lowest BCUT2D eigenvalue weighted by molar-refractivity contribution is -0.136. The second-order valence-corrected chi connectivity index (χ2v) is 8.29. The number of aliphatic carboxylic acids is 1. The van der Waals surface area contributed by atoms with Crippen LogP contribution in [-0.4, -0.2) is 28.9 Å². The van der Waals surface area contributed by atoms with Crippen molar-refractivity contribution in [1.82, 2.24) is 5.32 Å². The smallest absolute Gasteiger partial charge is 0.307 e. The quantitative estimate of drug-likeness (QED) is 0.491. The first-order chi connectivity index (χ1) is 14.4. The summed E-state index contributed by atoms with van der Waals surface area (Å²) in [5, 5.41) is 14.5. The molecule has 3 rings (SSSR count). The number of carbonyl (C=O) groups excluding carboxylic acids is 2. The zero-order valence-corrected chi connectivity index (χ0v) is 17.4. The van der Waals surface area contributed by atoms with Crippen molar-refractivity contribution >= 4 is 46.4 Å². The van der Waals surface area contributed by atoms with E-state index in [1.165, 1.54) is 0 Å². The van der Waals surface area contributed by atoms with E-state index in [0.717, 1.165) is 16.9 Å². The number of rotatable bonds is 8. The van der Waals surface area contributed by atoms with Crippen molar-refractivity contribution in [3.63, 3.8) is 0 Å². The summed E-state index contributed by atoms with van der Waals surface area (Å²) in [6.07, 6.45) is 0.152. The maximum Gasteiger partial charge on any atom is 0.307 e. The van der Waals surface area contributed by atoms with Gasteiger partial charge in [-0.05, 0) is 35.4 Å². The van der Waals surface area contributed by atoms with Gasteiger partial charge in [-0.25, -0.2) is 0 Å². The van der Waals surface area contributed by atoms with Gasteiger partial charge in [0.05, 0.1) is 15.6 Å². The van der Waals surface area contributed by atoms with Crippen LogP contribution in [0, 0.1) is 0 Å². The lowest BCUT2D eigenvalue weighted by atomic mass is 10.0. The maximum absolute atomic E-state index is 13.0. The first-order valence-electron chi connectivity index (χ1n) is 9.12. The molecule has 6 nitrogen and oxygen atoms in total. The van der Waals surface area contributed by atoms with Gasteiger partial charge < -0.3 is 15.7 Å². The normalized spacial score (nSPS) is 11.5. The third-order valence-electron chi connectivity index (χ3n) is 4.25. The largest absolute Gasteiger partial charge is 0.481 e. The Labute approximate surface area is 182 Å². The molecule has 0 radical (unpaired) electrons. The Balaban J connectivity index is 1.77. The maximum atomic E-state index is 13.0. The molecule has 0 aliphatic rings. The molecule has 8 heteroatoms. The molecule has 1 aromatic heterocycles. The first-order valence-corrected chi connectivity index (χ1v) is 10.3. The fourth-order valence-electron chi connectivity index (χ4n) is 2.89. The summed E-state index contributed by atoms with van der Waals surface area (Å²) in [4.78, 5) is 36.9. The summed E-state index contributed by atoms with van der Waals surface area (Å²) >= 11 is 7.04. The number of carbonyl (C=O) groups is 3. The minimum absolute atomic E-state index is 0.146. The molecule has 0 saturated carbocycles. The van der Waals surface area contributed by atoms with Gasteiger partial charge in [0.25, 0.3) is 5.91 Å². The van der Waals surface area contributed by atoms with Crippen LogP contribution in [-0.2, 0) is 22.4 Å². The third kappa shape index (κ3) is 6.17. The van der Waals surface area contributed by atoms with Crippen molar-refractivity contribution in [3.05, 3.63) is 87.1 Å². The predicted molar refractivity (Wildman–Crippen MR) is 117 cm³/mol. The average Bonchev–Trinajstić information content (AvgIpc) is 3.14. The van der Waals surface area contributed by atoms with Crippen LogP contribution in [0.15, 0.2) is 66.7 Å². The van der Waals surface area contributed by atoms with Gasteiger partial charge >= 0.3 is 5.97 Å². The number of halogens is 1. The molecule has 0 aliphatic carbocycles. The number of hydrogen-bond acceptors (Lipinski definition) is 4. The van der Waals surface area contributed by atoms with Gasteiger partial charge in [0.2, 0.25) is 5.91 Å². The Morgan fingerprint density at radius 2 is 1.70 bits per heavy atom. The third-order valence-corrected chi connectivity index (χ3v) is 5.48. The number of carboxylic acid groups (broad SMARTS) is 1. The highest BCUT2D eigenvalue weighted by atomic mass is 35.5. The van der Waals surface area contributed by atoms with Crippen LogP contribution in [0.2, 0.25) is 4.34 Å². The fourth-order valence-corrected chi connectivity index (χ4v) is 3.83. The van der Waals surface area contributed by atoms with Gasteiger partial charge in [-0.1, -0.05) is 54.1 Å². The fraction of sp³-hybridized carbons (Fsp3) is 0.136. The van der Waals surface area contributed by atoms with E-state index in [4.69, 9.17) is 16.7 Å². The molecule has 1 heterocycles. The van der Waals surface area contributed by atoms with Gasteiger partial charge in [0.1, 0.15) is 6.04 Å². The molecule has 0 bridgehead atoms. The minimum Gasteiger partial charge on any atom is -0.481 e. The molecule has 1 atom stereocenters. The van der Waals surface area contributed by atoms with E-state index in [1.807, 2.05) is 30.3 Å². The number of benzene rings is 2. The van der Waals surface area contributed by atoms with Gasteiger partial charge in [-0.15, -0.1) is 11.3 Å². The number of nitrogens with one attached hydrogen (secondary N) is 2. The van der Waals surface area contributed by atoms with Crippen molar-refractivity contribution in [2.75, 3.05) is 5.32 Å². The summed E-state index contributed by atoms with van der Waals surface area (Å²) in [5.74, 6) is -1.74. The number of carboxylic acids is 1. The summed E-state index contributed by atoms with van der Waals surface area (Å²) in [7, 11) is 0. The molecule has 0 aliphatic heterocycles. The Hall–Kier alpha value is -3.16. The van der Waals surface area contributed by atoms with Crippen LogP contribution in [0.4, 0.5) is 5.69 Å². The first kappa shape index (κ1) is 21.5. The van der Waals surface area contributed by atoms with Crippen molar-refractivity contribution in [1.29, 1.82) is 0 Å². The molecule has 0 spiro atoms. The van der Waals surface area contributed by atoms with E-state index in [-0.39, 0.29) is 12.3 Å². The van der Waals surface area contributed by atoms with E-state index in [2.05, 4.69) is 10.6 Å². The molecule has 3 N–H and O–H groups in total. The molecule has 3 aromatic rings. The monoisotopic (exact) mass is 442 g/mol. The molecule has 30 heavy (non-hydrogen) atoms. The predicted octanol–water partition coefficient (Wildman–Crippen LogP) is 4.01. The number of amides is 2. The number of anilines is 1. The van der Waals surface area contributed by atoms with Gasteiger partial charge in [-0.3, -0.25) is 14.4 Å². The zero-order chi connectivity index (χ0) is 21.5. The van der Waals surface area contributed by atoms with Crippen molar-refractivity contribution < 1.29 is 19.5 Å². The molecule has 0 fully saturated rings. The van der Waals surface area contributed by atoms with Crippen molar-refractivity contribution in [2.24, 2.45) is 0 Å². The molecular weight excluding hydrogens is 424 g/mol. The van der Waals surface area contributed by atoms with E-state index in [1.54, 1.807) is 36.4 Å². The SMILES string of the molecule is O=C(O)Cc1cccc(NC(=O)C(Cc2ccccc2)NC(=O)c2ccc(Cl)s2)c1. The van der Waals surface area contributed by atoms with Crippen molar-refractivity contribution in [2.45, 2.75) is 18.9 Å². The second-order valence-electron chi connectivity index (χ2n) is 6.58. The molecular formula is C22H19ClN2O4S.